The predicted octanol–water partition coefficient (Wildman–Crippen LogP) is 2.82. The lowest BCUT2D eigenvalue weighted by Gasteiger charge is -2.15. The van der Waals surface area contributed by atoms with Gasteiger partial charge in [0.25, 0.3) is 10.0 Å². The van der Waals surface area contributed by atoms with Crippen molar-refractivity contribution >= 4 is 27.3 Å². The van der Waals surface area contributed by atoms with Crippen molar-refractivity contribution in [3.63, 3.8) is 0 Å². The van der Waals surface area contributed by atoms with E-state index in [9.17, 15) is 13.2 Å². The highest BCUT2D eigenvalue weighted by molar-refractivity contribution is 7.91. The molecule has 7 heteroatoms. The van der Waals surface area contributed by atoms with Crippen molar-refractivity contribution in [3.8, 4) is 0 Å². The van der Waals surface area contributed by atoms with E-state index in [1.165, 1.54) is 26.8 Å². The Hall–Kier alpha value is -1.70. The summed E-state index contributed by atoms with van der Waals surface area (Å²) >= 11 is 1.20. The summed E-state index contributed by atoms with van der Waals surface area (Å²) in [5.74, 6) is -0.0458. The first-order valence-corrected chi connectivity index (χ1v) is 10.5. The first-order chi connectivity index (χ1) is 11.9. The normalized spacial score (nSPS) is 11.6. The summed E-state index contributed by atoms with van der Waals surface area (Å²) in [6, 6.07) is 11.4. The number of rotatable bonds is 9. The number of nitrogens with one attached hydrogen (secondary N) is 1. The van der Waals surface area contributed by atoms with E-state index in [1.807, 2.05) is 12.1 Å². The van der Waals surface area contributed by atoms with Gasteiger partial charge in [0.15, 0.2) is 0 Å². The van der Waals surface area contributed by atoms with Crippen molar-refractivity contribution in [2.75, 3.05) is 20.1 Å². The van der Waals surface area contributed by atoms with Crippen molar-refractivity contribution in [1.82, 2.24) is 9.62 Å². The van der Waals surface area contributed by atoms with Crippen LogP contribution in [-0.4, -0.2) is 38.8 Å². The Balaban J connectivity index is 1.69. The molecule has 0 fully saturated rings. The fourth-order valence-electron chi connectivity index (χ4n) is 2.46. The fraction of sp³-hybridized carbons (Fsp3) is 0.389. The molecule has 25 heavy (non-hydrogen) atoms. The summed E-state index contributed by atoms with van der Waals surface area (Å²) < 4.78 is 26.2. The van der Waals surface area contributed by atoms with Gasteiger partial charge >= 0.3 is 0 Å². The summed E-state index contributed by atoms with van der Waals surface area (Å²) in [6.07, 6.45) is 1.61. The van der Waals surface area contributed by atoms with Crippen LogP contribution in [0.5, 0.6) is 0 Å². The number of hydrogen-bond donors (Lipinski definition) is 1. The van der Waals surface area contributed by atoms with Crippen molar-refractivity contribution in [3.05, 3.63) is 52.9 Å². The van der Waals surface area contributed by atoms with Gasteiger partial charge in [0.1, 0.15) is 4.21 Å². The van der Waals surface area contributed by atoms with Gasteiger partial charge in [-0.05, 0) is 42.3 Å². The number of carbonyl (C=O) groups is 1. The van der Waals surface area contributed by atoms with Crippen LogP contribution in [0.1, 0.15) is 24.0 Å². The molecule has 0 atom stereocenters. The van der Waals surface area contributed by atoms with Gasteiger partial charge in [0.2, 0.25) is 5.91 Å². The first-order valence-electron chi connectivity index (χ1n) is 8.22. The second-order valence-electron chi connectivity index (χ2n) is 5.89. The second-order valence-corrected chi connectivity index (χ2v) is 9.11. The van der Waals surface area contributed by atoms with Crippen molar-refractivity contribution in [2.45, 2.75) is 30.4 Å². The first kappa shape index (κ1) is 19.6. The molecule has 136 valence electrons. The standard InChI is InChI=1S/C18H24N2O3S2/c1-15-7-3-4-8-16(15)11-12-19-17(21)9-5-13-20(2)25(22,23)18-10-6-14-24-18/h3-4,6-8,10,14H,5,9,11-13H2,1-2H3,(H,19,21). The van der Waals surface area contributed by atoms with E-state index in [4.69, 9.17) is 0 Å². The zero-order valence-electron chi connectivity index (χ0n) is 14.6. The number of sulfonamides is 1. The van der Waals surface area contributed by atoms with E-state index in [1.54, 1.807) is 24.6 Å². The topological polar surface area (TPSA) is 66.5 Å². The minimum absolute atomic E-state index is 0.0458. The van der Waals surface area contributed by atoms with Crippen LogP contribution in [-0.2, 0) is 21.2 Å². The summed E-state index contributed by atoms with van der Waals surface area (Å²) in [7, 11) is -1.88. The minimum atomic E-state index is -3.43. The summed E-state index contributed by atoms with van der Waals surface area (Å²) in [5.41, 5.74) is 2.45. The van der Waals surface area contributed by atoms with Gasteiger partial charge in [-0.2, -0.15) is 0 Å². The van der Waals surface area contributed by atoms with Crippen LogP contribution in [0.15, 0.2) is 46.0 Å². The average Bonchev–Trinajstić information content (AvgIpc) is 3.12. The molecule has 0 aliphatic rings. The Morgan fingerprint density at radius 3 is 2.64 bits per heavy atom. The van der Waals surface area contributed by atoms with Crippen molar-refractivity contribution < 1.29 is 13.2 Å². The molecule has 0 saturated heterocycles. The van der Waals surface area contributed by atoms with Gasteiger partial charge in [-0.1, -0.05) is 30.3 Å². The fourth-order valence-corrected chi connectivity index (χ4v) is 4.87. The van der Waals surface area contributed by atoms with Crippen LogP contribution in [0.3, 0.4) is 0 Å². The lowest BCUT2D eigenvalue weighted by atomic mass is 10.1. The van der Waals surface area contributed by atoms with Crippen LogP contribution in [0.25, 0.3) is 0 Å². The van der Waals surface area contributed by atoms with Crippen molar-refractivity contribution in [2.24, 2.45) is 0 Å². The molecule has 1 aromatic carbocycles. The molecule has 2 rings (SSSR count). The molecule has 0 spiro atoms. The number of benzene rings is 1. The Morgan fingerprint density at radius 2 is 1.96 bits per heavy atom. The van der Waals surface area contributed by atoms with Crippen LogP contribution in [0, 0.1) is 6.92 Å². The largest absolute Gasteiger partial charge is 0.356 e. The molecule has 1 heterocycles. The highest BCUT2D eigenvalue weighted by Gasteiger charge is 2.21. The molecule has 1 amide bonds. The monoisotopic (exact) mass is 380 g/mol. The number of hydrogen-bond acceptors (Lipinski definition) is 4. The highest BCUT2D eigenvalue weighted by atomic mass is 32.2. The third kappa shape index (κ3) is 5.66. The molecule has 2 aromatic rings. The number of amides is 1. The van der Waals surface area contributed by atoms with Crippen LogP contribution in [0.2, 0.25) is 0 Å². The number of thiophene rings is 1. The zero-order chi connectivity index (χ0) is 18.3. The summed E-state index contributed by atoms with van der Waals surface area (Å²) in [4.78, 5) is 11.9. The number of carbonyl (C=O) groups excluding carboxylic acids is 1. The Labute approximate surface area is 153 Å². The van der Waals surface area contributed by atoms with Crippen molar-refractivity contribution in [1.29, 1.82) is 0 Å². The number of nitrogens with zero attached hydrogens (tertiary/aromatic N) is 1. The van der Waals surface area contributed by atoms with E-state index in [0.717, 1.165) is 6.42 Å². The van der Waals surface area contributed by atoms with Crippen LogP contribution >= 0.6 is 11.3 Å². The molecular formula is C18H24N2O3S2. The molecular weight excluding hydrogens is 356 g/mol. The predicted molar refractivity (Wildman–Crippen MR) is 101 cm³/mol. The smallest absolute Gasteiger partial charge is 0.252 e. The molecule has 0 aliphatic carbocycles. The molecule has 5 nitrogen and oxygen atoms in total. The molecule has 1 N–H and O–H groups in total. The van der Waals surface area contributed by atoms with Crippen LogP contribution in [0.4, 0.5) is 0 Å². The number of aryl methyl sites for hydroxylation is 1. The van der Waals surface area contributed by atoms with Gasteiger partial charge in [0, 0.05) is 26.6 Å². The van der Waals surface area contributed by atoms with E-state index in [2.05, 4.69) is 24.4 Å². The molecule has 0 radical (unpaired) electrons. The molecule has 0 aliphatic heterocycles. The SMILES string of the molecule is Cc1ccccc1CCNC(=O)CCCN(C)S(=O)(=O)c1cccs1. The summed E-state index contributed by atoms with van der Waals surface area (Å²) in [6.45, 7) is 2.97. The maximum absolute atomic E-state index is 12.3. The molecule has 1 aromatic heterocycles. The van der Waals surface area contributed by atoms with Gasteiger partial charge in [-0.25, -0.2) is 12.7 Å². The van der Waals surface area contributed by atoms with Gasteiger partial charge in [0.05, 0.1) is 0 Å². The minimum Gasteiger partial charge on any atom is -0.356 e. The lowest BCUT2D eigenvalue weighted by Crippen LogP contribution is -2.30. The average molecular weight is 381 g/mol. The Bertz CT molecular complexity index is 786. The lowest BCUT2D eigenvalue weighted by molar-refractivity contribution is -0.121. The maximum Gasteiger partial charge on any atom is 0.252 e. The molecule has 0 unspecified atom stereocenters. The third-order valence-corrected chi connectivity index (χ3v) is 7.24. The zero-order valence-corrected chi connectivity index (χ0v) is 16.2. The summed E-state index contributed by atoms with van der Waals surface area (Å²) in [5, 5.41) is 4.63. The van der Waals surface area contributed by atoms with Gasteiger partial charge in [-0.15, -0.1) is 11.3 Å². The molecule has 0 saturated carbocycles. The van der Waals surface area contributed by atoms with Gasteiger partial charge in [-0.3, -0.25) is 4.79 Å². The van der Waals surface area contributed by atoms with Crippen LogP contribution < -0.4 is 5.32 Å². The quantitative estimate of drug-likeness (QED) is 0.727. The third-order valence-electron chi connectivity index (χ3n) is 4.01. The van der Waals surface area contributed by atoms with E-state index in [-0.39, 0.29) is 5.91 Å². The Morgan fingerprint density at radius 1 is 1.20 bits per heavy atom. The molecule has 0 bridgehead atoms. The van der Waals surface area contributed by atoms with E-state index in [0.29, 0.717) is 30.1 Å². The second kappa shape index (κ2) is 9.12. The van der Waals surface area contributed by atoms with E-state index >= 15 is 0 Å². The highest BCUT2D eigenvalue weighted by Crippen LogP contribution is 2.19. The van der Waals surface area contributed by atoms with Gasteiger partial charge < -0.3 is 5.32 Å². The maximum atomic E-state index is 12.3. The van der Waals surface area contributed by atoms with E-state index < -0.39 is 10.0 Å². The Kier molecular flexibility index (Phi) is 7.16.